The van der Waals surface area contributed by atoms with Gasteiger partial charge in [-0.25, -0.2) is 0 Å². The van der Waals surface area contributed by atoms with Crippen molar-refractivity contribution in [2.75, 3.05) is 6.61 Å². The normalized spacial score (nSPS) is 22.6. The molecule has 0 radical (unpaired) electrons. The minimum absolute atomic E-state index is 0.0298. The van der Waals surface area contributed by atoms with Crippen LogP contribution in [-0.2, 0) is 38.5 Å². The lowest BCUT2D eigenvalue weighted by Gasteiger charge is -2.50. The van der Waals surface area contributed by atoms with Crippen molar-refractivity contribution in [1.29, 1.82) is 0 Å². The second-order valence-electron chi connectivity index (χ2n) is 12.7. The maximum absolute atomic E-state index is 7.46. The zero-order valence-electron chi connectivity index (χ0n) is 25.6. The average Bonchev–Trinajstić information content (AvgIpc) is 2.95. The van der Waals surface area contributed by atoms with Crippen molar-refractivity contribution in [3.05, 3.63) is 120 Å². The van der Waals surface area contributed by atoms with Crippen molar-refractivity contribution >= 4 is 8.32 Å². The number of allylic oxidation sites excluding steroid dienone is 1. The number of rotatable bonds is 12. The standard InChI is InChI=1S/C36H48O4Si/c1-35(2,3)41(4,5)40-36(29-37-26-30-18-10-6-11-19-30)25-17-9-16-24-33(38-27-31-20-12-7-13-21-31)34(36)39-28-32-22-14-8-15-23-32/h6-8,10-16,18-24,33-34H,9,17,25-29H2,1-5H3/b24-16-/t33-,34+,36-/m1/s1. The Kier molecular flexibility index (Phi) is 11.2. The second-order valence-corrected chi connectivity index (χ2v) is 17.4. The van der Waals surface area contributed by atoms with Crippen LogP contribution in [0.5, 0.6) is 0 Å². The molecule has 0 unspecified atom stereocenters. The van der Waals surface area contributed by atoms with Gasteiger partial charge in [-0.2, -0.15) is 0 Å². The molecule has 0 saturated carbocycles. The van der Waals surface area contributed by atoms with Gasteiger partial charge in [-0.1, -0.05) is 124 Å². The van der Waals surface area contributed by atoms with Crippen LogP contribution in [0.4, 0.5) is 0 Å². The summed E-state index contributed by atoms with van der Waals surface area (Å²) in [6.45, 7) is 13.5. The van der Waals surface area contributed by atoms with E-state index in [0.29, 0.717) is 26.4 Å². The molecule has 220 valence electrons. The lowest BCUT2D eigenvalue weighted by molar-refractivity contribution is -0.184. The molecule has 0 amide bonds. The van der Waals surface area contributed by atoms with Gasteiger partial charge < -0.3 is 18.6 Å². The van der Waals surface area contributed by atoms with Gasteiger partial charge in [-0.3, -0.25) is 0 Å². The Morgan fingerprint density at radius 1 is 0.732 bits per heavy atom. The zero-order chi connectivity index (χ0) is 29.2. The maximum Gasteiger partial charge on any atom is 0.193 e. The fourth-order valence-electron chi connectivity index (χ4n) is 5.08. The van der Waals surface area contributed by atoms with Gasteiger partial charge in [-0.05, 0) is 54.1 Å². The molecule has 1 aliphatic rings. The summed E-state index contributed by atoms with van der Waals surface area (Å²) >= 11 is 0. The number of hydrogen-bond donors (Lipinski definition) is 0. The Bertz CT molecular complexity index is 1190. The minimum atomic E-state index is -2.24. The van der Waals surface area contributed by atoms with Crippen LogP contribution in [0, 0.1) is 0 Å². The fraction of sp³-hybridized carbons (Fsp3) is 0.444. The lowest BCUT2D eigenvalue weighted by Crippen LogP contribution is -2.61. The molecule has 1 aliphatic carbocycles. The highest BCUT2D eigenvalue weighted by Gasteiger charge is 2.51. The highest BCUT2D eigenvalue weighted by molar-refractivity contribution is 6.74. The molecular formula is C36H48O4Si. The third-order valence-electron chi connectivity index (χ3n) is 8.39. The van der Waals surface area contributed by atoms with Crippen LogP contribution >= 0.6 is 0 Å². The molecule has 0 bridgehead atoms. The molecule has 0 aliphatic heterocycles. The molecular weight excluding hydrogens is 524 g/mol. The van der Waals surface area contributed by atoms with E-state index >= 15 is 0 Å². The Labute approximate surface area is 248 Å². The van der Waals surface area contributed by atoms with E-state index in [4.69, 9.17) is 18.6 Å². The summed E-state index contributed by atoms with van der Waals surface area (Å²) in [7, 11) is -2.24. The van der Waals surface area contributed by atoms with Gasteiger partial charge in [0, 0.05) is 0 Å². The monoisotopic (exact) mass is 572 g/mol. The van der Waals surface area contributed by atoms with Crippen LogP contribution < -0.4 is 0 Å². The maximum atomic E-state index is 7.46. The SMILES string of the molecule is CC(C)(C)[Si](C)(C)O[C@@]1(COCc2ccccc2)CCC/C=C\[C@@H](OCc2ccccc2)[C@@H]1OCc1ccccc1. The van der Waals surface area contributed by atoms with Crippen molar-refractivity contribution in [2.45, 2.75) is 95.8 Å². The summed E-state index contributed by atoms with van der Waals surface area (Å²) in [6, 6.07) is 31.1. The van der Waals surface area contributed by atoms with Crippen molar-refractivity contribution in [2.24, 2.45) is 0 Å². The van der Waals surface area contributed by atoms with Crippen LogP contribution in [0.15, 0.2) is 103 Å². The second kappa shape index (κ2) is 14.6. The first-order valence-corrected chi connectivity index (χ1v) is 17.9. The Hall–Kier alpha value is -2.54. The summed E-state index contributed by atoms with van der Waals surface area (Å²) < 4.78 is 27.6. The topological polar surface area (TPSA) is 36.9 Å². The summed E-state index contributed by atoms with van der Waals surface area (Å²) in [5, 5.41) is 0.0298. The smallest absolute Gasteiger partial charge is 0.193 e. The molecule has 0 N–H and O–H groups in total. The first-order chi connectivity index (χ1) is 19.7. The molecule has 0 heterocycles. The predicted molar refractivity (Wildman–Crippen MR) is 170 cm³/mol. The van der Waals surface area contributed by atoms with Crippen molar-refractivity contribution in [1.82, 2.24) is 0 Å². The van der Waals surface area contributed by atoms with Gasteiger partial charge in [0.15, 0.2) is 8.32 Å². The summed E-state index contributed by atoms with van der Waals surface area (Å²) in [4.78, 5) is 0. The van der Waals surface area contributed by atoms with E-state index in [-0.39, 0.29) is 17.2 Å². The van der Waals surface area contributed by atoms with Gasteiger partial charge in [-0.15, -0.1) is 0 Å². The van der Waals surface area contributed by atoms with Gasteiger partial charge in [0.25, 0.3) is 0 Å². The molecule has 3 atom stereocenters. The Morgan fingerprint density at radius 3 is 1.78 bits per heavy atom. The number of hydrogen-bond acceptors (Lipinski definition) is 4. The van der Waals surface area contributed by atoms with E-state index in [0.717, 1.165) is 36.0 Å². The van der Waals surface area contributed by atoms with E-state index in [1.807, 2.05) is 18.2 Å². The van der Waals surface area contributed by atoms with E-state index in [2.05, 4.69) is 119 Å². The summed E-state index contributed by atoms with van der Waals surface area (Å²) in [5.74, 6) is 0. The van der Waals surface area contributed by atoms with E-state index < -0.39 is 13.9 Å². The first kappa shape index (κ1) is 31.4. The predicted octanol–water partition coefficient (Wildman–Crippen LogP) is 8.87. The average molecular weight is 573 g/mol. The molecule has 4 nitrogen and oxygen atoms in total. The first-order valence-electron chi connectivity index (χ1n) is 15.0. The van der Waals surface area contributed by atoms with Gasteiger partial charge in [0.05, 0.1) is 26.4 Å². The highest BCUT2D eigenvalue weighted by Crippen LogP contribution is 2.43. The molecule has 0 fully saturated rings. The minimum Gasteiger partial charge on any atom is -0.406 e. The highest BCUT2D eigenvalue weighted by atomic mass is 28.4. The molecule has 41 heavy (non-hydrogen) atoms. The van der Waals surface area contributed by atoms with Gasteiger partial charge in [0.1, 0.15) is 17.8 Å². The quantitative estimate of drug-likeness (QED) is 0.160. The molecule has 0 spiro atoms. The van der Waals surface area contributed by atoms with Crippen LogP contribution in [0.2, 0.25) is 18.1 Å². The van der Waals surface area contributed by atoms with Crippen LogP contribution in [-0.4, -0.2) is 32.7 Å². The molecule has 3 aromatic carbocycles. The molecule has 0 aromatic heterocycles. The molecule has 4 rings (SSSR count). The summed E-state index contributed by atoms with van der Waals surface area (Å²) in [5.41, 5.74) is 2.76. The van der Waals surface area contributed by atoms with Crippen LogP contribution in [0.1, 0.15) is 56.7 Å². The van der Waals surface area contributed by atoms with Crippen LogP contribution in [0.3, 0.4) is 0 Å². The van der Waals surface area contributed by atoms with E-state index in [1.165, 1.54) is 0 Å². The zero-order valence-corrected chi connectivity index (χ0v) is 26.6. The number of benzene rings is 3. The largest absolute Gasteiger partial charge is 0.406 e. The van der Waals surface area contributed by atoms with Crippen molar-refractivity contribution < 1.29 is 18.6 Å². The molecule has 0 saturated heterocycles. The lowest BCUT2D eigenvalue weighted by atomic mass is 9.85. The fourth-order valence-corrected chi connectivity index (χ4v) is 6.68. The third-order valence-corrected chi connectivity index (χ3v) is 12.9. The van der Waals surface area contributed by atoms with Crippen LogP contribution in [0.25, 0.3) is 0 Å². The molecule has 5 heteroatoms. The molecule has 3 aromatic rings. The summed E-state index contributed by atoms with van der Waals surface area (Å²) in [6.07, 6.45) is 6.60. The van der Waals surface area contributed by atoms with Crippen molar-refractivity contribution in [3.8, 4) is 0 Å². The Balaban J connectivity index is 1.70. The van der Waals surface area contributed by atoms with E-state index in [1.54, 1.807) is 0 Å². The van der Waals surface area contributed by atoms with E-state index in [9.17, 15) is 0 Å². The van der Waals surface area contributed by atoms with Crippen molar-refractivity contribution in [3.63, 3.8) is 0 Å². The van der Waals surface area contributed by atoms with Gasteiger partial charge >= 0.3 is 0 Å². The Morgan fingerprint density at radius 2 is 1.24 bits per heavy atom. The van der Waals surface area contributed by atoms with Gasteiger partial charge in [0.2, 0.25) is 0 Å². The number of ether oxygens (including phenoxy) is 3. The third kappa shape index (κ3) is 8.97.